The van der Waals surface area contributed by atoms with Gasteiger partial charge in [-0.05, 0) is 43.9 Å². The summed E-state index contributed by atoms with van der Waals surface area (Å²) in [6.07, 6.45) is 3.11. The largest absolute Gasteiger partial charge is 0.497 e. The van der Waals surface area contributed by atoms with Crippen molar-refractivity contribution in [1.82, 2.24) is 4.90 Å². The number of rotatable bonds is 5. The fourth-order valence-corrected chi connectivity index (χ4v) is 2.81. The first-order valence-electron chi connectivity index (χ1n) is 7.41. The van der Waals surface area contributed by atoms with E-state index in [9.17, 15) is 4.79 Å². The zero-order valence-electron chi connectivity index (χ0n) is 12.8. The molecule has 0 aliphatic carbocycles. The maximum atomic E-state index is 12.6. The summed E-state index contributed by atoms with van der Waals surface area (Å²) in [6.45, 7) is 2.31. The summed E-state index contributed by atoms with van der Waals surface area (Å²) in [6, 6.07) is 5.30. The Hall–Kier alpha value is -1.75. The number of hydrogen-bond donors (Lipinski definition) is 1. The lowest BCUT2D eigenvalue weighted by Crippen LogP contribution is -2.39. The van der Waals surface area contributed by atoms with Crippen molar-refractivity contribution in [2.45, 2.75) is 19.3 Å². The van der Waals surface area contributed by atoms with Crippen LogP contribution in [0.5, 0.6) is 11.5 Å². The minimum atomic E-state index is 0.0284. The summed E-state index contributed by atoms with van der Waals surface area (Å²) >= 11 is 0. The average Bonchev–Trinajstić information content (AvgIpc) is 2.54. The number of hydrogen-bond acceptors (Lipinski definition) is 4. The van der Waals surface area contributed by atoms with Gasteiger partial charge >= 0.3 is 0 Å². The molecule has 0 aromatic heterocycles. The van der Waals surface area contributed by atoms with Crippen molar-refractivity contribution < 1.29 is 14.3 Å². The second-order valence-electron chi connectivity index (χ2n) is 5.38. The maximum Gasteiger partial charge on any atom is 0.257 e. The van der Waals surface area contributed by atoms with E-state index in [1.807, 2.05) is 4.90 Å². The van der Waals surface area contributed by atoms with Crippen molar-refractivity contribution in [3.63, 3.8) is 0 Å². The van der Waals surface area contributed by atoms with Gasteiger partial charge in [-0.3, -0.25) is 4.79 Å². The standard InChI is InChI=1S/C16H24N2O3/c1-20-13-3-4-14(15(11-13)21-2)16(19)18-9-6-12(5-8-17)7-10-18/h3-4,11-12H,5-10,17H2,1-2H3. The molecule has 1 heterocycles. The van der Waals surface area contributed by atoms with Crippen LogP contribution in [0.1, 0.15) is 29.6 Å². The molecule has 5 nitrogen and oxygen atoms in total. The van der Waals surface area contributed by atoms with Crippen LogP contribution in [0.2, 0.25) is 0 Å². The van der Waals surface area contributed by atoms with E-state index in [4.69, 9.17) is 15.2 Å². The summed E-state index contributed by atoms with van der Waals surface area (Å²) in [5.74, 6) is 1.92. The number of likely N-dealkylation sites (tertiary alicyclic amines) is 1. The minimum absolute atomic E-state index is 0.0284. The Morgan fingerprint density at radius 3 is 2.57 bits per heavy atom. The van der Waals surface area contributed by atoms with Crippen LogP contribution in [0.4, 0.5) is 0 Å². The monoisotopic (exact) mass is 292 g/mol. The quantitative estimate of drug-likeness (QED) is 0.900. The molecule has 1 aromatic rings. The van der Waals surface area contributed by atoms with Gasteiger partial charge in [-0.25, -0.2) is 0 Å². The average molecular weight is 292 g/mol. The van der Waals surface area contributed by atoms with Gasteiger partial charge in [-0.15, -0.1) is 0 Å². The van der Waals surface area contributed by atoms with Crippen molar-refractivity contribution in [1.29, 1.82) is 0 Å². The molecular formula is C16H24N2O3. The number of nitrogens with zero attached hydrogens (tertiary/aromatic N) is 1. The van der Waals surface area contributed by atoms with Crippen LogP contribution in [0.3, 0.4) is 0 Å². The molecule has 2 rings (SSSR count). The Morgan fingerprint density at radius 1 is 1.29 bits per heavy atom. The normalized spacial score (nSPS) is 15.9. The number of benzene rings is 1. The van der Waals surface area contributed by atoms with E-state index in [0.717, 1.165) is 38.9 Å². The number of methoxy groups -OCH3 is 2. The van der Waals surface area contributed by atoms with Crippen molar-refractivity contribution in [2.24, 2.45) is 11.7 Å². The van der Waals surface area contributed by atoms with Crippen molar-refractivity contribution in [3.8, 4) is 11.5 Å². The van der Waals surface area contributed by atoms with Gasteiger partial charge in [0.15, 0.2) is 0 Å². The van der Waals surface area contributed by atoms with Gasteiger partial charge in [-0.2, -0.15) is 0 Å². The molecule has 1 fully saturated rings. The van der Waals surface area contributed by atoms with Crippen LogP contribution in [0.25, 0.3) is 0 Å². The SMILES string of the molecule is COc1ccc(C(=O)N2CCC(CCN)CC2)c(OC)c1. The van der Waals surface area contributed by atoms with Gasteiger partial charge in [0, 0.05) is 19.2 Å². The molecule has 21 heavy (non-hydrogen) atoms. The predicted molar refractivity (Wildman–Crippen MR) is 81.8 cm³/mol. The van der Waals surface area contributed by atoms with Crippen molar-refractivity contribution in [3.05, 3.63) is 23.8 Å². The molecule has 1 aliphatic heterocycles. The topological polar surface area (TPSA) is 64.8 Å². The molecular weight excluding hydrogens is 268 g/mol. The van der Waals surface area contributed by atoms with Crippen molar-refractivity contribution in [2.75, 3.05) is 33.9 Å². The zero-order chi connectivity index (χ0) is 15.2. The summed E-state index contributed by atoms with van der Waals surface area (Å²) < 4.78 is 10.5. The minimum Gasteiger partial charge on any atom is -0.497 e. The Labute approximate surface area is 126 Å². The molecule has 0 saturated carbocycles. The molecule has 1 saturated heterocycles. The third-order valence-corrected chi connectivity index (χ3v) is 4.12. The summed E-state index contributed by atoms with van der Waals surface area (Å²) in [5.41, 5.74) is 6.19. The number of nitrogens with two attached hydrogens (primary N) is 1. The van der Waals surface area contributed by atoms with Crippen LogP contribution in [0, 0.1) is 5.92 Å². The van der Waals surface area contributed by atoms with Gasteiger partial charge in [0.2, 0.25) is 0 Å². The molecule has 1 aliphatic rings. The van der Waals surface area contributed by atoms with Gasteiger partial charge < -0.3 is 20.1 Å². The number of carbonyl (C=O) groups excluding carboxylic acids is 1. The second kappa shape index (κ2) is 7.31. The summed E-state index contributed by atoms with van der Waals surface area (Å²) in [7, 11) is 3.16. The first-order valence-corrected chi connectivity index (χ1v) is 7.41. The molecule has 1 amide bonds. The van der Waals surface area contributed by atoms with Crippen LogP contribution < -0.4 is 15.2 Å². The van der Waals surface area contributed by atoms with Gasteiger partial charge in [0.05, 0.1) is 19.8 Å². The lowest BCUT2D eigenvalue weighted by molar-refractivity contribution is 0.0684. The maximum absolute atomic E-state index is 12.6. The number of amides is 1. The Morgan fingerprint density at radius 2 is 2.00 bits per heavy atom. The lowest BCUT2D eigenvalue weighted by atomic mass is 9.93. The fraction of sp³-hybridized carbons (Fsp3) is 0.562. The van der Waals surface area contributed by atoms with Crippen molar-refractivity contribution >= 4 is 5.91 Å². The van der Waals surface area contributed by atoms with Gasteiger partial charge in [0.25, 0.3) is 5.91 Å². The molecule has 1 aromatic carbocycles. The zero-order valence-corrected chi connectivity index (χ0v) is 12.8. The van der Waals surface area contributed by atoms with Crippen LogP contribution >= 0.6 is 0 Å². The van der Waals surface area contributed by atoms with E-state index < -0.39 is 0 Å². The van der Waals surface area contributed by atoms with Gasteiger partial charge in [0.1, 0.15) is 11.5 Å². The summed E-state index contributed by atoms with van der Waals surface area (Å²) in [5, 5.41) is 0. The smallest absolute Gasteiger partial charge is 0.257 e. The first kappa shape index (κ1) is 15.6. The Balaban J connectivity index is 2.07. The molecule has 0 radical (unpaired) electrons. The molecule has 0 bridgehead atoms. The second-order valence-corrected chi connectivity index (χ2v) is 5.38. The number of ether oxygens (including phenoxy) is 2. The highest BCUT2D eigenvalue weighted by molar-refractivity contribution is 5.97. The van der Waals surface area contributed by atoms with Crippen LogP contribution in [0.15, 0.2) is 18.2 Å². The van der Waals surface area contributed by atoms with Crippen LogP contribution in [-0.2, 0) is 0 Å². The Kier molecular flexibility index (Phi) is 5.44. The number of piperidine rings is 1. The van der Waals surface area contributed by atoms with Crippen LogP contribution in [-0.4, -0.2) is 44.7 Å². The number of carbonyl (C=O) groups is 1. The van der Waals surface area contributed by atoms with E-state index in [1.165, 1.54) is 0 Å². The third-order valence-electron chi connectivity index (χ3n) is 4.12. The molecule has 0 spiro atoms. The van der Waals surface area contributed by atoms with E-state index in [2.05, 4.69) is 0 Å². The molecule has 116 valence electrons. The molecule has 0 unspecified atom stereocenters. The first-order chi connectivity index (χ1) is 10.2. The van der Waals surface area contributed by atoms with E-state index >= 15 is 0 Å². The fourth-order valence-electron chi connectivity index (χ4n) is 2.81. The highest BCUT2D eigenvalue weighted by Gasteiger charge is 2.25. The highest BCUT2D eigenvalue weighted by atomic mass is 16.5. The highest BCUT2D eigenvalue weighted by Crippen LogP contribution is 2.28. The van der Waals surface area contributed by atoms with E-state index in [-0.39, 0.29) is 5.91 Å². The van der Waals surface area contributed by atoms with E-state index in [1.54, 1.807) is 32.4 Å². The van der Waals surface area contributed by atoms with E-state index in [0.29, 0.717) is 23.0 Å². The Bertz CT molecular complexity index is 482. The molecule has 5 heteroatoms. The third kappa shape index (κ3) is 3.67. The molecule has 0 atom stereocenters. The van der Waals surface area contributed by atoms with Gasteiger partial charge in [-0.1, -0.05) is 0 Å². The predicted octanol–water partition coefficient (Wildman–Crippen LogP) is 1.90. The lowest BCUT2D eigenvalue weighted by Gasteiger charge is -2.32. The molecule has 2 N–H and O–H groups in total. The summed E-state index contributed by atoms with van der Waals surface area (Å²) in [4.78, 5) is 14.5.